The third kappa shape index (κ3) is 6.20. The summed E-state index contributed by atoms with van der Waals surface area (Å²) in [5, 5.41) is 2.88. The lowest BCUT2D eigenvalue weighted by Gasteiger charge is -2.10. The standard InChI is InChI=1S/C16H23NO2/c1-4-15(12-14-8-6-5-7-9-14)16(18)17-10-11-19-13(2)3/h5-9,12-13H,4,10-11H2,1-3H3,(H,17,18)/b15-12+. The normalized spacial score (nSPS) is 11.7. The van der Waals surface area contributed by atoms with E-state index >= 15 is 0 Å². The first kappa shape index (κ1) is 15.4. The average Bonchev–Trinajstić information content (AvgIpc) is 2.41. The molecule has 0 spiro atoms. The van der Waals surface area contributed by atoms with E-state index in [-0.39, 0.29) is 12.0 Å². The van der Waals surface area contributed by atoms with Crippen LogP contribution < -0.4 is 5.32 Å². The SMILES string of the molecule is CC/C(=C\c1ccccc1)C(=O)NCCOC(C)C. The summed E-state index contributed by atoms with van der Waals surface area (Å²) in [5.74, 6) is -0.0151. The molecule has 1 amide bonds. The summed E-state index contributed by atoms with van der Waals surface area (Å²) in [4.78, 5) is 12.0. The molecule has 0 aromatic heterocycles. The Morgan fingerprint density at radius 2 is 2.00 bits per heavy atom. The van der Waals surface area contributed by atoms with E-state index in [1.165, 1.54) is 0 Å². The van der Waals surface area contributed by atoms with Gasteiger partial charge in [0.25, 0.3) is 0 Å². The molecule has 0 fully saturated rings. The minimum atomic E-state index is -0.0151. The largest absolute Gasteiger partial charge is 0.377 e. The van der Waals surface area contributed by atoms with Gasteiger partial charge in [-0.15, -0.1) is 0 Å². The fourth-order valence-electron chi connectivity index (χ4n) is 1.65. The van der Waals surface area contributed by atoms with Gasteiger partial charge in [0.2, 0.25) is 5.91 Å². The number of hydrogen-bond acceptors (Lipinski definition) is 2. The van der Waals surface area contributed by atoms with Gasteiger partial charge in [-0.2, -0.15) is 0 Å². The van der Waals surface area contributed by atoms with Crippen molar-refractivity contribution in [2.75, 3.05) is 13.2 Å². The van der Waals surface area contributed by atoms with Gasteiger partial charge in [0.15, 0.2) is 0 Å². The monoisotopic (exact) mass is 261 g/mol. The second-order valence-corrected chi connectivity index (χ2v) is 4.61. The Labute approximate surface area is 115 Å². The van der Waals surface area contributed by atoms with Crippen LogP contribution in [0.15, 0.2) is 35.9 Å². The molecular weight excluding hydrogens is 238 g/mol. The molecule has 0 aliphatic heterocycles. The highest BCUT2D eigenvalue weighted by Crippen LogP contribution is 2.09. The molecule has 1 aromatic carbocycles. The number of hydrogen-bond donors (Lipinski definition) is 1. The molecule has 0 saturated carbocycles. The molecule has 0 atom stereocenters. The maximum absolute atomic E-state index is 12.0. The number of ether oxygens (including phenoxy) is 1. The highest BCUT2D eigenvalue weighted by Gasteiger charge is 2.06. The Hall–Kier alpha value is -1.61. The van der Waals surface area contributed by atoms with E-state index in [9.17, 15) is 4.79 Å². The lowest BCUT2D eigenvalue weighted by molar-refractivity contribution is -0.117. The van der Waals surface area contributed by atoms with Gasteiger partial charge < -0.3 is 10.1 Å². The van der Waals surface area contributed by atoms with Crippen LogP contribution in [0, 0.1) is 0 Å². The molecule has 0 radical (unpaired) electrons. The highest BCUT2D eigenvalue weighted by atomic mass is 16.5. The molecule has 0 bridgehead atoms. The van der Waals surface area contributed by atoms with Gasteiger partial charge >= 0.3 is 0 Å². The third-order valence-electron chi connectivity index (χ3n) is 2.65. The Bertz CT molecular complexity index is 410. The van der Waals surface area contributed by atoms with Gasteiger partial charge in [-0.05, 0) is 31.9 Å². The van der Waals surface area contributed by atoms with Crippen molar-refractivity contribution in [3.05, 3.63) is 41.5 Å². The van der Waals surface area contributed by atoms with E-state index in [0.29, 0.717) is 19.6 Å². The van der Waals surface area contributed by atoms with Crippen molar-refractivity contribution in [2.24, 2.45) is 0 Å². The first-order chi connectivity index (χ1) is 9.13. The van der Waals surface area contributed by atoms with Gasteiger partial charge in [0.05, 0.1) is 12.7 Å². The molecule has 1 rings (SSSR count). The van der Waals surface area contributed by atoms with Crippen LogP contribution in [0.2, 0.25) is 0 Å². The molecule has 0 aliphatic rings. The van der Waals surface area contributed by atoms with E-state index in [2.05, 4.69) is 5.32 Å². The molecule has 0 unspecified atom stereocenters. The number of carbonyl (C=O) groups excluding carboxylic acids is 1. The van der Waals surface area contributed by atoms with Crippen LogP contribution in [0.5, 0.6) is 0 Å². The molecular formula is C16H23NO2. The summed E-state index contributed by atoms with van der Waals surface area (Å²) in [6.07, 6.45) is 2.84. The molecule has 3 heteroatoms. The van der Waals surface area contributed by atoms with Crippen LogP contribution in [-0.2, 0) is 9.53 Å². The second-order valence-electron chi connectivity index (χ2n) is 4.61. The van der Waals surface area contributed by atoms with E-state index in [0.717, 1.165) is 11.1 Å². The molecule has 19 heavy (non-hydrogen) atoms. The quantitative estimate of drug-likeness (QED) is 0.605. The van der Waals surface area contributed by atoms with Gasteiger partial charge in [-0.25, -0.2) is 0 Å². The summed E-state index contributed by atoms with van der Waals surface area (Å²) < 4.78 is 5.39. The highest BCUT2D eigenvalue weighted by molar-refractivity contribution is 5.97. The molecule has 0 heterocycles. The summed E-state index contributed by atoms with van der Waals surface area (Å²) in [7, 11) is 0. The van der Waals surface area contributed by atoms with Gasteiger partial charge in [-0.1, -0.05) is 37.3 Å². The Morgan fingerprint density at radius 1 is 1.32 bits per heavy atom. The van der Waals surface area contributed by atoms with Gasteiger partial charge in [0, 0.05) is 12.1 Å². The van der Waals surface area contributed by atoms with Crippen molar-refractivity contribution in [1.29, 1.82) is 0 Å². The maximum atomic E-state index is 12.0. The van der Waals surface area contributed by atoms with E-state index in [1.54, 1.807) is 0 Å². The summed E-state index contributed by atoms with van der Waals surface area (Å²) in [6.45, 7) is 7.04. The van der Waals surface area contributed by atoms with Gasteiger partial charge in [0.1, 0.15) is 0 Å². The zero-order valence-electron chi connectivity index (χ0n) is 12.0. The van der Waals surface area contributed by atoms with Crippen molar-refractivity contribution in [2.45, 2.75) is 33.3 Å². The summed E-state index contributed by atoms with van der Waals surface area (Å²) in [6, 6.07) is 9.88. The molecule has 0 saturated heterocycles. The number of benzene rings is 1. The number of amides is 1. The lowest BCUT2D eigenvalue weighted by Crippen LogP contribution is -2.29. The van der Waals surface area contributed by atoms with Crippen molar-refractivity contribution >= 4 is 12.0 Å². The number of nitrogens with one attached hydrogen (secondary N) is 1. The maximum Gasteiger partial charge on any atom is 0.247 e. The molecule has 104 valence electrons. The van der Waals surface area contributed by atoms with E-state index in [4.69, 9.17) is 4.74 Å². The van der Waals surface area contributed by atoms with Crippen LogP contribution in [0.3, 0.4) is 0 Å². The van der Waals surface area contributed by atoms with E-state index in [1.807, 2.05) is 57.2 Å². The van der Waals surface area contributed by atoms with Crippen molar-refractivity contribution < 1.29 is 9.53 Å². The fraction of sp³-hybridized carbons (Fsp3) is 0.438. The number of rotatable bonds is 7. The zero-order valence-corrected chi connectivity index (χ0v) is 12.0. The first-order valence-electron chi connectivity index (χ1n) is 6.79. The molecule has 3 nitrogen and oxygen atoms in total. The molecule has 1 aromatic rings. The average molecular weight is 261 g/mol. The summed E-state index contributed by atoms with van der Waals surface area (Å²) >= 11 is 0. The lowest BCUT2D eigenvalue weighted by atomic mass is 10.1. The third-order valence-corrected chi connectivity index (χ3v) is 2.65. The second kappa shape index (κ2) is 8.48. The van der Waals surface area contributed by atoms with Crippen LogP contribution >= 0.6 is 0 Å². The smallest absolute Gasteiger partial charge is 0.247 e. The van der Waals surface area contributed by atoms with Crippen LogP contribution in [0.25, 0.3) is 6.08 Å². The first-order valence-corrected chi connectivity index (χ1v) is 6.79. The molecule has 1 N–H and O–H groups in total. The number of carbonyl (C=O) groups is 1. The van der Waals surface area contributed by atoms with Crippen LogP contribution in [0.1, 0.15) is 32.8 Å². The van der Waals surface area contributed by atoms with Crippen LogP contribution in [0.4, 0.5) is 0 Å². The predicted molar refractivity (Wildman–Crippen MR) is 78.8 cm³/mol. The fourth-order valence-corrected chi connectivity index (χ4v) is 1.65. The molecule has 0 aliphatic carbocycles. The minimum absolute atomic E-state index is 0.0151. The predicted octanol–water partition coefficient (Wildman–Crippen LogP) is 3.02. The minimum Gasteiger partial charge on any atom is -0.377 e. The van der Waals surface area contributed by atoms with E-state index < -0.39 is 0 Å². The van der Waals surface area contributed by atoms with Crippen molar-refractivity contribution in [3.8, 4) is 0 Å². The Morgan fingerprint density at radius 3 is 2.58 bits per heavy atom. The Kier molecular flexibility index (Phi) is 6.90. The Balaban J connectivity index is 2.50. The van der Waals surface area contributed by atoms with Crippen molar-refractivity contribution in [1.82, 2.24) is 5.32 Å². The van der Waals surface area contributed by atoms with Crippen LogP contribution in [-0.4, -0.2) is 25.2 Å². The zero-order chi connectivity index (χ0) is 14.1. The van der Waals surface area contributed by atoms with Crippen molar-refractivity contribution in [3.63, 3.8) is 0 Å². The van der Waals surface area contributed by atoms with Gasteiger partial charge in [-0.3, -0.25) is 4.79 Å². The topological polar surface area (TPSA) is 38.3 Å². The summed E-state index contributed by atoms with van der Waals surface area (Å²) in [5.41, 5.74) is 1.84.